The molecule has 5 heteroatoms. The lowest BCUT2D eigenvalue weighted by Crippen LogP contribution is -2.24. The van der Waals surface area contributed by atoms with Gasteiger partial charge in [-0.25, -0.2) is 4.99 Å². The highest BCUT2D eigenvalue weighted by atomic mass is 32.1. The van der Waals surface area contributed by atoms with E-state index in [1.165, 1.54) is 16.9 Å². The Hall–Kier alpha value is -2.66. The highest BCUT2D eigenvalue weighted by Gasteiger charge is 2.25. The minimum absolute atomic E-state index is 0.0407. The molecule has 4 rings (SSSR count). The molecule has 3 aromatic rings. The summed E-state index contributed by atoms with van der Waals surface area (Å²) >= 11 is 1.64. The molecule has 1 aliphatic rings. The van der Waals surface area contributed by atoms with Crippen molar-refractivity contribution in [2.45, 2.75) is 39.2 Å². The smallest absolute Gasteiger partial charge is 0.254 e. The highest BCUT2D eigenvalue weighted by Crippen LogP contribution is 2.39. The van der Waals surface area contributed by atoms with Crippen molar-refractivity contribution in [3.63, 3.8) is 0 Å². The lowest BCUT2D eigenvalue weighted by Gasteiger charge is -2.12. The van der Waals surface area contributed by atoms with Crippen LogP contribution in [0.25, 0.3) is 0 Å². The van der Waals surface area contributed by atoms with Crippen LogP contribution in [0.1, 0.15) is 50.7 Å². The summed E-state index contributed by atoms with van der Waals surface area (Å²) in [4.78, 5) is 18.9. The highest BCUT2D eigenvalue weighted by molar-refractivity contribution is 7.16. The monoisotopic (exact) mass is 378 g/mol. The summed E-state index contributed by atoms with van der Waals surface area (Å²) in [6, 6.07) is 13.8. The summed E-state index contributed by atoms with van der Waals surface area (Å²) in [5.41, 5.74) is 3.01. The van der Waals surface area contributed by atoms with Crippen LogP contribution < -0.4 is 5.32 Å². The Morgan fingerprint density at radius 1 is 1.19 bits per heavy atom. The maximum atomic E-state index is 13.0. The largest absolute Gasteiger partial charge is 0.460 e. The molecule has 0 fully saturated rings. The van der Waals surface area contributed by atoms with Crippen LogP contribution in [0, 0.1) is 6.92 Å². The Balaban J connectivity index is 1.60. The van der Waals surface area contributed by atoms with Crippen molar-refractivity contribution >= 4 is 28.5 Å². The fraction of sp³-hybridized carbons (Fsp3) is 0.273. The predicted molar refractivity (Wildman–Crippen MR) is 109 cm³/mol. The van der Waals surface area contributed by atoms with Crippen molar-refractivity contribution in [3.05, 3.63) is 75.6 Å². The fourth-order valence-electron chi connectivity index (χ4n) is 3.39. The fourth-order valence-corrected chi connectivity index (χ4v) is 4.62. The molecule has 27 heavy (non-hydrogen) atoms. The Bertz CT molecular complexity index is 970. The number of benzene rings is 1. The molecule has 1 N–H and O–H groups in total. The van der Waals surface area contributed by atoms with Crippen LogP contribution >= 0.6 is 11.3 Å². The van der Waals surface area contributed by atoms with Crippen molar-refractivity contribution < 1.29 is 9.21 Å². The Labute approximate surface area is 163 Å². The third kappa shape index (κ3) is 4.03. The first-order valence-electron chi connectivity index (χ1n) is 9.28. The molecule has 0 saturated carbocycles. The molecule has 4 nitrogen and oxygen atoms in total. The van der Waals surface area contributed by atoms with E-state index < -0.39 is 0 Å². The minimum Gasteiger partial charge on any atom is -0.460 e. The van der Waals surface area contributed by atoms with E-state index in [9.17, 15) is 4.79 Å². The van der Waals surface area contributed by atoms with E-state index in [1.54, 1.807) is 17.6 Å². The summed E-state index contributed by atoms with van der Waals surface area (Å²) in [6.45, 7) is 2.43. The van der Waals surface area contributed by atoms with Crippen molar-refractivity contribution in [2.75, 3.05) is 0 Å². The molecule has 1 aliphatic carbocycles. The predicted octanol–water partition coefficient (Wildman–Crippen LogP) is 5.21. The van der Waals surface area contributed by atoms with Gasteiger partial charge in [0.1, 0.15) is 16.5 Å². The summed E-state index contributed by atoms with van der Waals surface area (Å²) < 4.78 is 5.57. The third-order valence-corrected chi connectivity index (χ3v) is 5.95. The number of carbonyl (C=O) groups excluding carboxylic acids is 1. The zero-order valence-corrected chi connectivity index (χ0v) is 16.1. The SMILES string of the molecule is Cc1ccc(/C=N\c2sc3c(c2C(=O)NCc2ccccc2)CCCC3)o1. The normalized spacial score (nSPS) is 13.7. The van der Waals surface area contributed by atoms with E-state index in [-0.39, 0.29) is 5.91 Å². The zero-order valence-electron chi connectivity index (χ0n) is 15.3. The molecule has 0 bridgehead atoms. The number of nitrogens with zero attached hydrogens (tertiary/aromatic N) is 1. The molecular weight excluding hydrogens is 356 g/mol. The molecule has 0 spiro atoms. The van der Waals surface area contributed by atoms with Crippen LogP contribution in [0.5, 0.6) is 0 Å². The van der Waals surface area contributed by atoms with Gasteiger partial charge < -0.3 is 9.73 Å². The lowest BCUT2D eigenvalue weighted by molar-refractivity contribution is 0.0951. The maximum Gasteiger partial charge on any atom is 0.254 e. The van der Waals surface area contributed by atoms with Gasteiger partial charge in [-0.3, -0.25) is 4.79 Å². The molecule has 0 radical (unpaired) electrons. The number of rotatable bonds is 5. The van der Waals surface area contributed by atoms with Gasteiger partial charge in [0.25, 0.3) is 5.91 Å². The molecular formula is C22H22N2O2S. The summed E-state index contributed by atoms with van der Waals surface area (Å²) in [6.07, 6.45) is 6.00. The van der Waals surface area contributed by atoms with E-state index in [0.29, 0.717) is 12.3 Å². The number of aliphatic imine (C=N–C) groups is 1. The molecule has 2 aromatic heterocycles. The number of hydrogen-bond acceptors (Lipinski definition) is 4. The standard InChI is InChI=1S/C22H22N2O2S/c1-15-11-12-17(26-15)14-24-22-20(18-9-5-6-10-19(18)27-22)21(25)23-13-16-7-3-2-4-8-16/h2-4,7-8,11-12,14H,5-6,9-10,13H2,1H3,(H,23,25)/b24-14-. The van der Waals surface area contributed by atoms with E-state index in [4.69, 9.17) is 4.42 Å². The minimum atomic E-state index is -0.0407. The lowest BCUT2D eigenvalue weighted by atomic mass is 9.95. The van der Waals surface area contributed by atoms with Crippen LogP contribution in [0.2, 0.25) is 0 Å². The zero-order chi connectivity index (χ0) is 18.6. The van der Waals surface area contributed by atoms with Crippen LogP contribution in [0.15, 0.2) is 51.9 Å². The average Bonchev–Trinajstić information content (AvgIpc) is 3.28. The maximum absolute atomic E-state index is 13.0. The molecule has 1 amide bonds. The van der Waals surface area contributed by atoms with Gasteiger partial charge in [0.05, 0.1) is 11.8 Å². The van der Waals surface area contributed by atoms with Gasteiger partial charge >= 0.3 is 0 Å². The van der Waals surface area contributed by atoms with E-state index in [2.05, 4.69) is 10.3 Å². The number of nitrogens with one attached hydrogen (secondary N) is 1. The number of carbonyl (C=O) groups is 1. The summed E-state index contributed by atoms with van der Waals surface area (Å²) in [7, 11) is 0. The number of aryl methyl sites for hydroxylation is 2. The molecule has 1 aromatic carbocycles. The second kappa shape index (κ2) is 7.92. The van der Waals surface area contributed by atoms with Crippen molar-refractivity contribution in [2.24, 2.45) is 4.99 Å². The quantitative estimate of drug-likeness (QED) is 0.620. The first-order chi connectivity index (χ1) is 13.2. The second-order valence-electron chi connectivity index (χ2n) is 6.77. The first kappa shape index (κ1) is 17.7. The summed E-state index contributed by atoms with van der Waals surface area (Å²) in [5, 5.41) is 3.84. The molecule has 0 saturated heterocycles. The number of thiophene rings is 1. The van der Waals surface area contributed by atoms with Gasteiger partial charge in [0.2, 0.25) is 0 Å². The first-order valence-corrected chi connectivity index (χ1v) is 10.1. The molecule has 0 aliphatic heterocycles. The molecule has 0 unspecified atom stereocenters. The van der Waals surface area contributed by atoms with Gasteiger partial charge in [-0.1, -0.05) is 30.3 Å². The van der Waals surface area contributed by atoms with Gasteiger partial charge in [0.15, 0.2) is 0 Å². The van der Waals surface area contributed by atoms with Crippen LogP contribution in [-0.2, 0) is 19.4 Å². The van der Waals surface area contributed by atoms with Crippen molar-refractivity contribution in [1.29, 1.82) is 0 Å². The Morgan fingerprint density at radius 3 is 2.78 bits per heavy atom. The second-order valence-corrected chi connectivity index (χ2v) is 7.85. The van der Waals surface area contributed by atoms with Gasteiger partial charge in [-0.2, -0.15) is 0 Å². The van der Waals surface area contributed by atoms with E-state index >= 15 is 0 Å². The van der Waals surface area contributed by atoms with Crippen LogP contribution in [0.3, 0.4) is 0 Å². The average molecular weight is 378 g/mol. The van der Waals surface area contributed by atoms with Crippen LogP contribution in [-0.4, -0.2) is 12.1 Å². The number of hydrogen-bond donors (Lipinski definition) is 1. The van der Waals surface area contributed by atoms with Gasteiger partial charge in [-0.15, -0.1) is 11.3 Å². The molecule has 2 heterocycles. The number of furan rings is 1. The Kier molecular flexibility index (Phi) is 5.21. The van der Waals surface area contributed by atoms with Gasteiger partial charge in [0, 0.05) is 11.4 Å². The van der Waals surface area contributed by atoms with Crippen LogP contribution in [0.4, 0.5) is 5.00 Å². The number of fused-ring (bicyclic) bond motifs is 1. The third-order valence-electron chi connectivity index (χ3n) is 4.75. The molecule has 0 atom stereocenters. The van der Waals surface area contributed by atoms with Gasteiger partial charge in [-0.05, 0) is 55.9 Å². The van der Waals surface area contributed by atoms with Crippen molar-refractivity contribution in [1.82, 2.24) is 5.32 Å². The van der Waals surface area contributed by atoms with E-state index in [1.807, 2.05) is 49.4 Å². The topological polar surface area (TPSA) is 54.6 Å². The Morgan fingerprint density at radius 2 is 2.00 bits per heavy atom. The molecule has 138 valence electrons. The van der Waals surface area contributed by atoms with E-state index in [0.717, 1.165) is 41.2 Å². The van der Waals surface area contributed by atoms with Crippen molar-refractivity contribution in [3.8, 4) is 0 Å². The summed E-state index contributed by atoms with van der Waals surface area (Å²) in [5.74, 6) is 1.51. The number of amides is 1.